The molecule has 0 bridgehead atoms. The maximum absolute atomic E-state index is 12.5. The number of rotatable bonds is 6. The number of benzene rings is 2. The summed E-state index contributed by atoms with van der Waals surface area (Å²) in [5.41, 5.74) is 2.75. The molecule has 1 N–H and O–H groups in total. The van der Waals surface area contributed by atoms with Gasteiger partial charge in [0, 0.05) is 36.7 Å². The van der Waals surface area contributed by atoms with Gasteiger partial charge in [-0.05, 0) is 49.1 Å². The third-order valence-electron chi connectivity index (χ3n) is 5.04. The number of nitrogens with one attached hydrogen (secondary N) is 1. The average molecular weight is 350 g/mol. The lowest BCUT2D eigenvalue weighted by molar-refractivity contribution is -0.119. The number of anilines is 1. The third-order valence-corrected chi connectivity index (χ3v) is 5.04. The van der Waals surface area contributed by atoms with Gasteiger partial charge in [0.15, 0.2) is 0 Å². The Hall–Kier alpha value is -2.62. The van der Waals surface area contributed by atoms with Gasteiger partial charge in [-0.3, -0.25) is 9.59 Å². The predicted molar refractivity (Wildman–Crippen MR) is 104 cm³/mol. The maximum Gasteiger partial charge on any atom is 0.251 e. The molecule has 2 aromatic carbocycles. The molecular weight excluding hydrogens is 324 g/mol. The molecule has 1 fully saturated rings. The molecule has 0 radical (unpaired) electrons. The summed E-state index contributed by atoms with van der Waals surface area (Å²) in [6, 6.07) is 17.6. The lowest BCUT2D eigenvalue weighted by atomic mass is 9.96. The van der Waals surface area contributed by atoms with Crippen LogP contribution in [0, 0.1) is 0 Å². The Morgan fingerprint density at radius 1 is 1.08 bits per heavy atom. The minimum atomic E-state index is -0.0732. The second-order valence-corrected chi connectivity index (χ2v) is 6.78. The van der Waals surface area contributed by atoms with E-state index in [9.17, 15) is 9.59 Å². The fourth-order valence-electron chi connectivity index (χ4n) is 3.41. The Morgan fingerprint density at radius 3 is 2.46 bits per heavy atom. The van der Waals surface area contributed by atoms with Crippen LogP contribution in [0.1, 0.15) is 54.4 Å². The highest BCUT2D eigenvalue weighted by Gasteiger charge is 2.19. The normalized spacial score (nSPS) is 15.6. The summed E-state index contributed by atoms with van der Waals surface area (Å²) in [5.74, 6) is 0.406. The second kappa shape index (κ2) is 8.65. The number of hydrogen-bond acceptors (Lipinski definition) is 2. The summed E-state index contributed by atoms with van der Waals surface area (Å²) in [5, 5.41) is 3.04. The summed E-state index contributed by atoms with van der Waals surface area (Å²) in [7, 11) is 0. The standard InChI is InChI=1S/C22H26N2O2/c1-2-17(18-8-4-3-5-9-18)16-23-22(26)19-11-13-20(14-12-19)24-15-7-6-10-21(24)25/h3-5,8-9,11-14,17H,2,6-7,10,15-16H2,1H3,(H,23,26). The fraction of sp³-hybridized carbons (Fsp3) is 0.364. The Bertz CT molecular complexity index is 740. The molecule has 2 amide bonds. The number of piperidine rings is 1. The summed E-state index contributed by atoms with van der Waals surface area (Å²) in [6.45, 7) is 3.51. The van der Waals surface area contributed by atoms with Crippen molar-refractivity contribution in [2.75, 3.05) is 18.0 Å². The molecule has 1 unspecified atom stereocenters. The van der Waals surface area contributed by atoms with E-state index >= 15 is 0 Å². The van der Waals surface area contributed by atoms with Crippen molar-refractivity contribution < 1.29 is 9.59 Å². The van der Waals surface area contributed by atoms with Crippen molar-refractivity contribution in [1.82, 2.24) is 5.32 Å². The highest BCUT2D eigenvalue weighted by atomic mass is 16.2. The van der Waals surface area contributed by atoms with Gasteiger partial charge in [0.05, 0.1) is 0 Å². The molecular formula is C22H26N2O2. The number of amides is 2. The Kier molecular flexibility index (Phi) is 6.05. The molecule has 3 rings (SSSR count). The van der Waals surface area contributed by atoms with Crippen molar-refractivity contribution in [3.8, 4) is 0 Å². The molecule has 1 saturated heterocycles. The topological polar surface area (TPSA) is 49.4 Å². The highest BCUT2D eigenvalue weighted by molar-refractivity contribution is 5.96. The zero-order chi connectivity index (χ0) is 18.4. The highest BCUT2D eigenvalue weighted by Crippen LogP contribution is 2.22. The summed E-state index contributed by atoms with van der Waals surface area (Å²) < 4.78 is 0. The number of carbonyl (C=O) groups is 2. The number of carbonyl (C=O) groups excluding carboxylic acids is 2. The summed E-state index contributed by atoms with van der Waals surface area (Å²) in [6.07, 6.45) is 3.59. The van der Waals surface area contributed by atoms with E-state index in [1.54, 1.807) is 12.1 Å². The molecule has 0 aliphatic carbocycles. The molecule has 0 aromatic heterocycles. The van der Waals surface area contributed by atoms with Crippen LogP contribution in [-0.2, 0) is 4.79 Å². The van der Waals surface area contributed by atoms with Gasteiger partial charge >= 0.3 is 0 Å². The van der Waals surface area contributed by atoms with Crippen LogP contribution < -0.4 is 10.2 Å². The zero-order valence-corrected chi connectivity index (χ0v) is 15.3. The van der Waals surface area contributed by atoms with Crippen molar-refractivity contribution in [3.05, 3.63) is 65.7 Å². The van der Waals surface area contributed by atoms with Crippen LogP contribution >= 0.6 is 0 Å². The van der Waals surface area contributed by atoms with Gasteiger partial charge in [-0.15, -0.1) is 0 Å². The van der Waals surface area contributed by atoms with E-state index in [0.29, 0.717) is 24.4 Å². The van der Waals surface area contributed by atoms with Gasteiger partial charge in [0.25, 0.3) is 5.91 Å². The maximum atomic E-state index is 12.5. The minimum Gasteiger partial charge on any atom is -0.351 e. The molecule has 1 atom stereocenters. The van der Waals surface area contributed by atoms with Crippen molar-refractivity contribution in [2.24, 2.45) is 0 Å². The van der Waals surface area contributed by atoms with Crippen molar-refractivity contribution in [2.45, 2.75) is 38.5 Å². The molecule has 2 aromatic rings. The fourth-order valence-corrected chi connectivity index (χ4v) is 3.41. The lowest BCUT2D eigenvalue weighted by Gasteiger charge is -2.26. The zero-order valence-electron chi connectivity index (χ0n) is 15.3. The second-order valence-electron chi connectivity index (χ2n) is 6.78. The molecule has 136 valence electrons. The quantitative estimate of drug-likeness (QED) is 0.852. The van der Waals surface area contributed by atoms with Gasteiger partial charge < -0.3 is 10.2 Å². The van der Waals surface area contributed by atoms with Gasteiger partial charge in [-0.2, -0.15) is 0 Å². The van der Waals surface area contributed by atoms with E-state index in [-0.39, 0.29) is 11.8 Å². The van der Waals surface area contributed by atoms with Gasteiger partial charge in [0.1, 0.15) is 0 Å². The smallest absolute Gasteiger partial charge is 0.251 e. The van der Waals surface area contributed by atoms with Crippen LogP contribution in [0.4, 0.5) is 5.69 Å². The van der Waals surface area contributed by atoms with E-state index in [1.807, 2.05) is 35.2 Å². The van der Waals surface area contributed by atoms with E-state index < -0.39 is 0 Å². The molecule has 4 nitrogen and oxygen atoms in total. The molecule has 1 aliphatic heterocycles. The molecule has 1 heterocycles. The van der Waals surface area contributed by atoms with Gasteiger partial charge in [-0.25, -0.2) is 0 Å². The van der Waals surface area contributed by atoms with E-state index in [4.69, 9.17) is 0 Å². The van der Waals surface area contributed by atoms with Gasteiger partial charge in [0.2, 0.25) is 5.91 Å². The first kappa shape index (κ1) is 18.2. The monoisotopic (exact) mass is 350 g/mol. The lowest BCUT2D eigenvalue weighted by Crippen LogP contribution is -2.35. The molecule has 1 aliphatic rings. The average Bonchev–Trinajstić information content (AvgIpc) is 2.70. The van der Waals surface area contributed by atoms with Crippen LogP contribution in [0.15, 0.2) is 54.6 Å². The first-order chi connectivity index (χ1) is 12.7. The Balaban J connectivity index is 1.60. The first-order valence-corrected chi connectivity index (χ1v) is 9.42. The van der Waals surface area contributed by atoms with Crippen molar-refractivity contribution >= 4 is 17.5 Å². The largest absolute Gasteiger partial charge is 0.351 e. The number of hydrogen-bond donors (Lipinski definition) is 1. The van der Waals surface area contributed by atoms with E-state index in [1.165, 1.54) is 5.56 Å². The summed E-state index contributed by atoms with van der Waals surface area (Å²) >= 11 is 0. The molecule has 0 spiro atoms. The number of nitrogens with zero attached hydrogens (tertiary/aromatic N) is 1. The van der Waals surface area contributed by atoms with Crippen LogP contribution in [-0.4, -0.2) is 24.9 Å². The third kappa shape index (κ3) is 4.31. The van der Waals surface area contributed by atoms with Crippen molar-refractivity contribution in [3.63, 3.8) is 0 Å². The molecule has 26 heavy (non-hydrogen) atoms. The predicted octanol–water partition coefficient (Wildman–Crippen LogP) is 4.13. The van der Waals surface area contributed by atoms with E-state index in [2.05, 4.69) is 24.4 Å². The van der Waals surface area contributed by atoms with Crippen LogP contribution in [0.25, 0.3) is 0 Å². The van der Waals surface area contributed by atoms with E-state index in [0.717, 1.165) is 31.5 Å². The molecule has 4 heteroatoms. The first-order valence-electron chi connectivity index (χ1n) is 9.42. The van der Waals surface area contributed by atoms with Crippen LogP contribution in [0.3, 0.4) is 0 Å². The summed E-state index contributed by atoms with van der Waals surface area (Å²) in [4.78, 5) is 26.3. The Morgan fingerprint density at radius 2 is 1.81 bits per heavy atom. The van der Waals surface area contributed by atoms with Crippen LogP contribution in [0.2, 0.25) is 0 Å². The minimum absolute atomic E-state index is 0.0732. The Labute approximate surface area is 155 Å². The van der Waals surface area contributed by atoms with Crippen LogP contribution in [0.5, 0.6) is 0 Å². The molecule has 0 saturated carbocycles. The van der Waals surface area contributed by atoms with Gasteiger partial charge in [-0.1, -0.05) is 37.3 Å². The van der Waals surface area contributed by atoms with Crippen molar-refractivity contribution in [1.29, 1.82) is 0 Å². The SMILES string of the molecule is CCC(CNC(=O)c1ccc(N2CCCCC2=O)cc1)c1ccccc1.